The van der Waals surface area contributed by atoms with Gasteiger partial charge in [0.25, 0.3) is 0 Å². The number of nitrogens with zero attached hydrogens (tertiary/aromatic N) is 4. The van der Waals surface area contributed by atoms with Crippen molar-refractivity contribution < 1.29 is 9.92 Å². The molecule has 0 aromatic carbocycles. The number of rotatable bonds is 2. The Morgan fingerprint density at radius 1 is 1.73 bits per heavy atom. The van der Waals surface area contributed by atoms with Gasteiger partial charge in [0.1, 0.15) is 5.69 Å². The highest BCUT2D eigenvalue weighted by molar-refractivity contribution is 5.13. The Labute approximate surface area is 61.7 Å². The number of hydrogen-bond acceptors (Lipinski definition) is 5. The molecule has 0 N–H and O–H groups in total. The summed E-state index contributed by atoms with van der Waals surface area (Å²) >= 11 is 0. The van der Waals surface area contributed by atoms with Crippen molar-refractivity contribution in [3.63, 3.8) is 0 Å². The second-order valence-electron chi connectivity index (χ2n) is 1.92. The molecule has 0 unspecified atom stereocenters. The van der Waals surface area contributed by atoms with Crippen molar-refractivity contribution >= 4 is 0 Å². The van der Waals surface area contributed by atoms with Gasteiger partial charge in [-0.25, -0.2) is 4.68 Å². The first-order valence-corrected chi connectivity index (χ1v) is 2.80. The van der Waals surface area contributed by atoms with Gasteiger partial charge in [-0.15, -0.1) is 15.2 Å². The predicted molar refractivity (Wildman–Crippen MR) is 33.4 cm³/mol. The van der Waals surface area contributed by atoms with Gasteiger partial charge in [-0.1, -0.05) is 5.21 Å². The van der Waals surface area contributed by atoms with E-state index in [0.29, 0.717) is 5.69 Å². The fraction of sp³-hybridized carbons (Fsp3) is 0.500. The molecule has 0 fully saturated rings. The molecule has 0 saturated heterocycles. The lowest BCUT2D eigenvalue weighted by molar-refractivity contribution is -0.712. The Balaban J connectivity index is 2.92. The summed E-state index contributed by atoms with van der Waals surface area (Å²) in [6.07, 6.45) is 0. The fourth-order valence-electron chi connectivity index (χ4n) is 0.647. The fourth-order valence-corrected chi connectivity index (χ4v) is 0.647. The molecule has 0 amide bonds. The Bertz CT molecular complexity index is 261. The third-order valence-corrected chi connectivity index (χ3v) is 1.09. The van der Waals surface area contributed by atoms with Crippen molar-refractivity contribution in [3.8, 4) is 5.88 Å². The maximum atomic E-state index is 9.89. The first-order valence-electron chi connectivity index (χ1n) is 2.80. The van der Waals surface area contributed by atoms with E-state index in [4.69, 9.17) is 0 Å². The van der Waals surface area contributed by atoms with Crippen molar-refractivity contribution in [2.24, 2.45) is 7.05 Å². The van der Waals surface area contributed by atoms with Crippen LogP contribution >= 0.6 is 0 Å². The number of aryl methyl sites for hydroxylation is 2. The van der Waals surface area contributed by atoms with Gasteiger partial charge in [-0.3, -0.25) is 4.84 Å². The summed E-state index contributed by atoms with van der Waals surface area (Å²) in [4.78, 5) is 14.1. The van der Waals surface area contributed by atoms with E-state index >= 15 is 0 Å². The highest BCUT2D eigenvalue weighted by atomic mass is 17.0. The van der Waals surface area contributed by atoms with Gasteiger partial charge in [-0.2, -0.15) is 0 Å². The summed E-state index contributed by atoms with van der Waals surface area (Å²) in [6.45, 7) is 1.58. The summed E-state index contributed by atoms with van der Waals surface area (Å²) in [5.74, 6) is 0.0509. The van der Waals surface area contributed by atoms with Crippen molar-refractivity contribution in [1.82, 2.24) is 15.0 Å². The summed E-state index contributed by atoms with van der Waals surface area (Å²) in [5, 5.41) is 16.0. The van der Waals surface area contributed by atoms with E-state index in [9.17, 15) is 10.1 Å². The molecule has 0 aliphatic rings. The summed E-state index contributed by atoms with van der Waals surface area (Å²) in [7, 11) is 1.51. The lowest BCUT2D eigenvalue weighted by Crippen LogP contribution is -2.08. The minimum atomic E-state index is -0.897. The first kappa shape index (κ1) is 7.45. The molecule has 1 aromatic heterocycles. The molecule has 7 nitrogen and oxygen atoms in total. The van der Waals surface area contributed by atoms with E-state index < -0.39 is 5.09 Å². The molecule has 1 heterocycles. The molecule has 0 aliphatic carbocycles. The van der Waals surface area contributed by atoms with Crippen molar-refractivity contribution in [2.75, 3.05) is 0 Å². The maximum Gasteiger partial charge on any atom is 0.301 e. The monoisotopic (exact) mass is 158 g/mol. The minimum Gasteiger partial charge on any atom is -0.254 e. The first-order chi connectivity index (χ1) is 5.11. The molecule has 0 spiro atoms. The topological polar surface area (TPSA) is 83.1 Å². The van der Waals surface area contributed by atoms with E-state index in [0.717, 1.165) is 0 Å². The molecule has 11 heavy (non-hydrogen) atoms. The molecule has 1 aromatic rings. The van der Waals surface area contributed by atoms with Crippen LogP contribution in [0, 0.1) is 17.0 Å². The van der Waals surface area contributed by atoms with Crippen LogP contribution in [0.3, 0.4) is 0 Å². The largest absolute Gasteiger partial charge is 0.301 e. The molecular weight excluding hydrogens is 152 g/mol. The van der Waals surface area contributed by atoms with E-state index in [1.165, 1.54) is 11.7 Å². The molecule has 7 heteroatoms. The van der Waals surface area contributed by atoms with Crippen molar-refractivity contribution in [1.29, 1.82) is 0 Å². The lowest BCUT2D eigenvalue weighted by Gasteiger charge is -1.96. The highest BCUT2D eigenvalue weighted by Crippen LogP contribution is 2.11. The predicted octanol–water partition coefficient (Wildman–Crippen LogP) is -0.306. The van der Waals surface area contributed by atoms with Crippen LogP contribution in [0.25, 0.3) is 0 Å². The average molecular weight is 158 g/mol. The van der Waals surface area contributed by atoms with Gasteiger partial charge in [0, 0.05) is 7.05 Å². The zero-order chi connectivity index (χ0) is 8.43. The third kappa shape index (κ3) is 1.42. The lowest BCUT2D eigenvalue weighted by atomic mass is 10.5. The highest BCUT2D eigenvalue weighted by Gasteiger charge is 2.09. The average Bonchev–Trinajstić information content (AvgIpc) is 2.18. The van der Waals surface area contributed by atoms with Gasteiger partial charge >= 0.3 is 5.09 Å². The van der Waals surface area contributed by atoms with E-state index in [-0.39, 0.29) is 5.88 Å². The standard InChI is InChI=1S/C4H6N4O3/c1-3-4(11-8(9)10)7(2)6-5-3/h1-2H3. The molecule has 60 valence electrons. The number of aromatic nitrogens is 3. The van der Waals surface area contributed by atoms with Gasteiger partial charge in [0.15, 0.2) is 0 Å². The Morgan fingerprint density at radius 3 is 2.73 bits per heavy atom. The molecule has 0 bridgehead atoms. The molecule has 0 saturated carbocycles. The van der Waals surface area contributed by atoms with E-state index in [1.807, 2.05) is 0 Å². The summed E-state index contributed by atoms with van der Waals surface area (Å²) in [6, 6.07) is 0. The molecule has 0 aliphatic heterocycles. The van der Waals surface area contributed by atoms with Gasteiger partial charge in [0.05, 0.1) is 0 Å². The maximum absolute atomic E-state index is 9.89. The molecule has 0 atom stereocenters. The van der Waals surface area contributed by atoms with Crippen LogP contribution in [0.2, 0.25) is 0 Å². The van der Waals surface area contributed by atoms with Crippen molar-refractivity contribution in [3.05, 3.63) is 15.8 Å². The second kappa shape index (κ2) is 2.52. The van der Waals surface area contributed by atoms with Gasteiger partial charge in [-0.05, 0) is 6.92 Å². The van der Waals surface area contributed by atoms with E-state index in [1.54, 1.807) is 6.92 Å². The Kier molecular flexibility index (Phi) is 1.71. The Hall–Kier alpha value is -1.66. The summed E-state index contributed by atoms with van der Waals surface area (Å²) in [5.41, 5.74) is 0.393. The second-order valence-corrected chi connectivity index (χ2v) is 1.92. The van der Waals surface area contributed by atoms with Crippen LogP contribution in [0.4, 0.5) is 0 Å². The SMILES string of the molecule is Cc1nnn(C)c1O[N+](=O)[O-]. The minimum absolute atomic E-state index is 0.0509. The molecule has 0 radical (unpaired) electrons. The van der Waals surface area contributed by atoms with Crippen LogP contribution < -0.4 is 4.84 Å². The summed E-state index contributed by atoms with van der Waals surface area (Å²) < 4.78 is 1.19. The van der Waals surface area contributed by atoms with Crippen LogP contribution in [0.15, 0.2) is 0 Å². The van der Waals surface area contributed by atoms with Crippen LogP contribution in [-0.2, 0) is 7.05 Å². The van der Waals surface area contributed by atoms with Crippen LogP contribution in [0.1, 0.15) is 5.69 Å². The van der Waals surface area contributed by atoms with Gasteiger partial charge < -0.3 is 0 Å². The van der Waals surface area contributed by atoms with E-state index in [2.05, 4.69) is 15.1 Å². The quantitative estimate of drug-likeness (QED) is 0.435. The Morgan fingerprint density at radius 2 is 2.36 bits per heavy atom. The zero-order valence-corrected chi connectivity index (χ0v) is 6.01. The van der Waals surface area contributed by atoms with Crippen LogP contribution in [-0.4, -0.2) is 20.1 Å². The molecular formula is C4H6N4O3. The number of hydrogen-bond donors (Lipinski definition) is 0. The molecule has 1 rings (SSSR count). The normalized spacial score (nSPS) is 9.64. The van der Waals surface area contributed by atoms with Crippen molar-refractivity contribution in [2.45, 2.75) is 6.92 Å². The third-order valence-electron chi connectivity index (χ3n) is 1.09. The van der Waals surface area contributed by atoms with Crippen LogP contribution in [0.5, 0.6) is 5.88 Å². The smallest absolute Gasteiger partial charge is 0.254 e. The van der Waals surface area contributed by atoms with Gasteiger partial charge in [0.2, 0.25) is 5.88 Å². The zero-order valence-electron chi connectivity index (χ0n) is 6.01.